The molecule has 0 aliphatic carbocycles. The van der Waals surface area contributed by atoms with Gasteiger partial charge in [-0.3, -0.25) is 4.99 Å². The Morgan fingerprint density at radius 1 is 1.36 bits per heavy atom. The molecule has 1 aliphatic rings. The lowest BCUT2D eigenvalue weighted by Gasteiger charge is -2.22. The quantitative estimate of drug-likeness (QED) is 0.399. The number of guanidine groups is 1. The minimum absolute atomic E-state index is 0.132. The molecule has 7 heteroatoms. The molecule has 0 amide bonds. The van der Waals surface area contributed by atoms with Crippen LogP contribution in [0.3, 0.4) is 0 Å². The summed E-state index contributed by atoms with van der Waals surface area (Å²) < 4.78 is 25.2. The van der Waals surface area contributed by atoms with Gasteiger partial charge in [0.2, 0.25) is 10.0 Å². The molecule has 0 spiro atoms. The van der Waals surface area contributed by atoms with Crippen LogP contribution in [0.1, 0.15) is 40.0 Å². The zero-order chi connectivity index (χ0) is 16.6. The number of nitrogens with one attached hydrogen (secondary N) is 2. The SMILES string of the molecule is CCS(=O)(=O)NCCCNC(=NC)N1CCC(CC(C)C)C1. The van der Waals surface area contributed by atoms with Crippen LogP contribution in [0, 0.1) is 11.8 Å². The molecule has 0 aromatic rings. The topological polar surface area (TPSA) is 73.8 Å². The molecule has 2 N–H and O–H groups in total. The first kappa shape index (κ1) is 19.2. The Kier molecular flexibility index (Phi) is 8.17. The van der Waals surface area contributed by atoms with Gasteiger partial charge < -0.3 is 10.2 Å². The second-order valence-corrected chi connectivity index (χ2v) is 8.45. The average molecular weight is 333 g/mol. The highest BCUT2D eigenvalue weighted by Gasteiger charge is 2.25. The van der Waals surface area contributed by atoms with Crippen LogP contribution >= 0.6 is 0 Å². The predicted molar refractivity (Wildman–Crippen MR) is 92.6 cm³/mol. The van der Waals surface area contributed by atoms with Gasteiger partial charge in [-0.1, -0.05) is 13.8 Å². The zero-order valence-electron chi connectivity index (χ0n) is 14.4. The lowest BCUT2D eigenvalue weighted by molar-refractivity contribution is 0.403. The molecule has 0 bridgehead atoms. The van der Waals surface area contributed by atoms with Crippen molar-refractivity contribution in [1.82, 2.24) is 14.9 Å². The first-order valence-corrected chi connectivity index (χ1v) is 9.96. The molecule has 1 fully saturated rings. The van der Waals surface area contributed by atoms with E-state index in [0.717, 1.165) is 43.9 Å². The van der Waals surface area contributed by atoms with E-state index in [9.17, 15) is 8.42 Å². The maximum absolute atomic E-state index is 11.3. The molecule has 1 rings (SSSR count). The molecular formula is C15H32N4O2S. The highest BCUT2D eigenvalue weighted by molar-refractivity contribution is 7.89. The Bertz CT molecular complexity index is 448. The van der Waals surface area contributed by atoms with Crippen molar-refractivity contribution >= 4 is 16.0 Å². The van der Waals surface area contributed by atoms with E-state index in [1.807, 2.05) is 0 Å². The van der Waals surface area contributed by atoms with Crippen molar-refractivity contribution in [3.63, 3.8) is 0 Å². The van der Waals surface area contributed by atoms with Crippen molar-refractivity contribution in [2.24, 2.45) is 16.8 Å². The standard InChI is InChI=1S/C15H32N4O2S/c1-5-22(20,21)18-9-6-8-17-15(16-4)19-10-7-14(12-19)11-13(2)3/h13-14,18H,5-12H2,1-4H3,(H,16,17). The van der Waals surface area contributed by atoms with Crippen LogP contribution in [0.25, 0.3) is 0 Å². The molecule has 1 unspecified atom stereocenters. The minimum atomic E-state index is -3.08. The van der Waals surface area contributed by atoms with Gasteiger partial charge in [-0.15, -0.1) is 0 Å². The summed E-state index contributed by atoms with van der Waals surface area (Å²) in [4.78, 5) is 6.65. The van der Waals surface area contributed by atoms with E-state index < -0.39 is 10.0 Å². The van der Waals surface area contributed by atoms with Crippen molar-refractivity contribution in [3.8, 4) is 0 Å². The number of sulfonamides is 1. The summed E-state index contributed by atoms with van der Waals surface area (Å²) >= 11 is 0. The lowest BCUT2D eigenvalue weighted by atomic mass is 9.97. The third kappa shape index (κ3) is 6.96. The van der Waals surface area contributed by atoms with Crippen LogP contribution in [-0.2, 0) is 10.0 Å². The van der Waals surface area contributed by atoms with E-state index in [0.29, 0.717) is 6.54 Å². The minimum Gasteiger partial charge on any atom is -0.356 e. The Balaban J connectivity index is 2.26. The number of rotatable bonds is 8. The normalized spacial score (nSPS) is 20.0. The number of hydrogen-bond acceptors (Lipinski definition) is 3. The van der Waals surface area contributed by atoms with E-state index in [-0.39, 0.29) is 5.75 Å². The third-order valence-corrected chi connectivity index (χ3v) is 5.34. The summed E-state index contributed by atoms with van der Waals surface area (Å²) in [6, 6.07) is 0. The molecule has 1 heterocycles. The molecule has 0 saturated carbocycles. The number of nitrogens with zero attached hydrogens (tertiary/aromatic N) is 2. The molecule has 130 valence electrons. The fourth-order valence-corrected chi connectivity index (χ4v) is 3.49. The second kappa shape index (κ2) is 9.35. The van der Waals surface area contributed by atoms with Crippen molar-refractivity contribution in [2.75, 3.05) is 39.0 Å². The average Bonchev–Trinajstić information content (AvgIpc) is 2.90. The lowest BCUT2D eigenvalue weighted by Crippen LogP contribution is -2.41. The first-order chi connectivity index (χ1) is 10.4. The van der Waals surface area contributed by atoms with Crippen LogP contribution in [0.2, 0.25) is 0 Å². The summed E-state index contributed by atoms with van der Waals surface area (Å²) in [7, 11) is -1.28. The Hall–Kier alpha value is -0.820. The van der Waals surface area contributed by atoms with Gasteiger partial charge in [-0.2, -0.15) is 0 Å². The van der Waals surface area contributed by atoms with Crippen molar-refractivity contribution in [3.05, 3.63) is 0 Å². The van der Waals surface area contributed by atoms with Crippen LogP contribution in [-0.4, -0.2) is 58.3 Å². The summed E-state index contributed by atoms with van der Waals surface area (Å²) in [6.07, 6.45) is 3.25. The fourth-order valence-electron chi connectivity index (χ4n) is 2.83. The molecule has 22 heavy (non-hydrogen) atoms. The molecule has 1 aliphatic heterocycles. The Morgan fingerprint density at radius 2 is 2.09 bits per heavy atom. The van der Waals surface area contributed by atoms with Gasteiger partial charge in [0, 0.05) is 33.2 Å². The van der Waals surface area contributed by atoms with E-state index in [4.69, 9.17) is 0 Å². The van der Waals surface area contributed by atoms with Gasteiger partial charge in [-0.25, -0.2) is 13.1 Å². The van der Waals surface area contributed by atoms with E-state index in [1.165, 1.54) is 12.8 Å². The van der Waals surface area contributed by atoms with Crippen LogP contribution in [0.4, 0.5) is 0 Å². The van der Waals surface area contributed by atoms with Gasteiger partial charge in [0.05, 0.1) is 5.75 Å². The highest BCUT2D eigenvalue weighted by Crippen LogP contribution is 2.23. The largest absolute Gasteiger partial charge is 0.356 e. The first-order valence-electron chi connectivity index (χ1n) is 8.30. The van der Waals surface area contributed by atoms with E-state index >= 15 is 0 Å². The molecular weight excluding hydrogens is 300 g/mol. The number of aliphatic imine (C=N–C) groups is 1. The van der Waals surface area contributed by atoms with Crippen molar-refractivity contribution in [1.29, 1.82) is 0 Å². The molecule has 0 radical (unpaired) electrons. The second-order valence-electron chi connectivity index (χ2n) is 6.36. The Morgan fingerprint density at radius 3 is 2.68 bits per heavy atom. The van der Waals surface area contributed by atoms with Crippen LogP contribution in [0.15, 0.2) is 4.99 Å². The van der Waals surface area contributed by atoms with Crippen LogP contribution in [0.5, 0.6) is 0 Å². The zero-order valence-corrected chi connectivity index (χ0v) is 15.2. The van der Waals surface area contributed by atoms with Gasteiger partial charge >= 0.3 is 0 Å². The maximum atomic E-state index is 11.3. The predicted octanol–water partition coefficient (Wildman–Crippen LogP) is 1.26. The summed E-state index contributed by atoms with van der Waals surface area (Å²) in [5.74, 6) is 2.57. The smallest absolute Gasteiger partial charge is 0.211 e. The van der Waals surface area contributed by atoms with Crippen LogP contribution < -0.4 is 10.0 Å². The molecule has 0 aromatic heterocycles. The molecule has 1 saturated heterocycles. The highest BCUT2D eigenvalue weighted by atomic mass is 32.2. The maximum Gasteiger partial charge on any atom is 0.211 e. The van der Waals surface area contributed by atoms with Gasteiger partial charge in [0.1, 0.15) is 0 Å². The number of hydrogen-bond donors (Lipinski definition) is 2. The monoisotopic (exact) mass is 332 g/mol. The van der Waals surface area contributed by atoms with Gasteiger partial charge in [0.15, 0.2) is 5.96 Å². The van der Waals surface area contributed by atoms with E-state index in [1.54, 1.807) is 14.0 Å². The fraction of sp³-hybridized carbons (Fsp3) is 0.933. The van der Waals surface area contributed by atoms with Crippen molar-refractivity contribution in [2.45, 2.75) is 40.0 Å². The summed E-state index contributed by atoms with van der Waals surface area (Å²) in [5, 5.41) is 3.33. The van der Waals surface area contributed by atoms with Gasteiger partial charge in [0.25, 0.3) is 0 Å². The molecule has 6 nitrogen and oxygen atoms in total. The van der Waals surface area contributed by atoms with E-state index in [2.05, 4.69) is 33.8 Å². The summed E-state index contributed by atoms with van der Waals surface area (Å²) in [6.45, 7) is 9.50. The third-order valence-electron chi connectivity index (χ3n) is 3.94. The summed E-state index contributed by atoms with van der Waals surface area (Å²) in [5.41, 5.74) is 0. The molecule has 1 atom stereocenters. The van der Waals surface area contributed by atoms with Gasteiger partial charge in [-0.05, 0) is 38.0 Å². The van der Waals surface area contributed by atoms with Crippen molar-refractivity contribution < 1.29 is 8.42 Å². The Labute approximate surface area is 135 Å². The molecule has 0 aromatic carbocycles. The number of likely N-dealkylation sites (tertiary alicyclic amines) is 1.